The molecule has 0 fully saturated rings. The number of nitrogens with one attached hydrogen (secondary N) is 1. The number of alkyl halides is 2. The summed E-state index contributed by atoms with van der Waals surface area (Å²) in [4.78, 5) is 22.8. The van der Waals surface area contributed by atoms with Crippen LogP contribution in [0.15, 0.2) is 24.3 Å². The van der Waals surface area contributed by atoms with Crippen LogP contribution in [0.3, 0.4) is 0 Å². The minimum absolute atomic E-state index is 0.0354. The molecule has 1 atom stereocenters. The zero-order valence-electron chi connectivity index (χ0n) is 11.8. The van der Waals surface area contributed by atoms with Gasteiger partial charge in [0.25, 0.3) is 0 Å². The molecular weight excluding hydrogens is 284 g/mol. The number of hydrogen-bond acceptors (Lipinski definition) is 4. The number of halogens is 2. The van der Waals surface area contributed by atoms with Crippen LogP contribution in [-0.2, 0) is 20.7 Å². The van der Waals surface area contributed by atoms with Gasteiger partial charge < -0.3 is 14.8 Å². The Morgan fingerprint density at radius 3 is 2.38 bits per heavy atom. The second kappa shape index (κ2) is 8.18. The predicted octanol–water partition coefficient (Wildman–Crippen LogP) is 1.90. The van der Waals surface area contributed by atoms with Crippen LogP contribution in [-0.4, -0.2) is 31.6 Å². The van der Waals surface area contributed by atoms with Crippen LogP contribution < -0.4 is 10.1 Å². The number of methoxy groups -OCH3 is 1. The Labute approximate surface area is 121 Å². The van der Waals surface area contributed by atoms with Crippen molar-refractivity contribution < 1.29 is 27.8 Å². The second-order valence-corrected chi connectivity index (χ2v) is 4.45. The van der Waals surface area contributed by atoms with Gasteiger partial charge in [-0.25, -0.2) is 0 Å². The molecule has 0 saturated carbocycles. The summed E-state index contributed by atoms with van der Waals surface area (Å²) in [6.07, 6.45) is 0.171. The van der Waals surface area contributed by atoms with E-state index in [-0.39, 0.29) is 30.5 Å². The number of benzene rings is 1. The quantitative estimate of drug-likeness (QED) is 0.781. The third-order valence-corrected chi connectivity index (χ3v) is 2.62. The van der Waals surface area contributed by atoms with E-state index in [1.165, 1.54) is 31.4 Å². The van der Waals surface area contributed by atoms with E-state index in [0.717, 1.165) is 0 Å². The second-order valence-electron chi connectivity index (χ2n) is 4.45. The maximum absolute atomic E-state index is 12.0. The SMILES string of the molecule is COC(=O)CC(C)NC(=O)Cc1ccc(OC(F)F)cc1. The first kappa shape index (κ1) is 16.9. The standard InChI is InChI=1S/C14H17F2NO4/c1-9(7-13(19)20-2)17-12(18)8-10-3-5-11(6-4-10)21-14(15)16/h3-6,9,14H,7-8H2,1-2H3,(H,17,18). The third-order valence-electron chi connectivity index (χ3n) is 2.62. The van der Waals surface area contributed by atoms with E-state index in [1.54, 1.807) is 6.92 Å². The number of ether oxygens (including phenoxy) is 2. The van der Waals surface area contributed by atoms with Crippen molar-refractivity contribution >= 4 is 11.9 Å². The lowest BCUT2D eigenvalue weighted by molar-refractivity contribution is -0.141. The molecule has 0 saturated heterocycles. The summed E-state index contributed by atoms with van der Waals surface area (Å²) in [5.41, 5.74) is 0.652. The maximum atomic E-state index is 12.0. The molecule has 1 amide bonds. The molecule has 1 aromatic rings. The average molecular weight is 301 g/mol. The van der Waals surface area contributed by atoms with E-state index in [0.29, 0.717) is 5.56 Å². The Hall–Kier alpha value is -2.18. The topological polar surface area (TPSA) is 64.6 Å². The number of amides is 1. The van der Waals surface area contributed by atoms with Crippen LogP contribution in [0.25, 0.3) is 0 Å². The van der Waals surface area contributed by atoms with Crippen LogP contribution in [0.2, 0.25) is 0 Å². The molecule has 0 spiro atoms. The minimum Gasteiger partial charge on any atom is -0.469 e. The van der Waals surface area contributed by atoms with E-state index < -0.39 is 12.6 Å². The van der Waals surface area contributed by atoms with Crippen molar-refractivity contribution in [2.45, 2.75) is 32.4 Å². The molecule has 0 bridgehead atoms. The molecule has 0 aromatic heterocycles. The Bertz CT molecular complexity index is 476. The van der Waals surface area contributed by atoms with Gasteiger partial charge in [-0.2, -0.15) is 8.78 Å². The number of carbonyl (C=O) groups excluding carboxylic acids is 2. The molecule has 0 aliphatic heterocycles. The lowest BCUT2D eigenvalue weighted by Crippen LogP contribution is -2.35. The van der Waals surface area contributed by atoms with Crippen molar-refractivity contribution in [2.24, 2.45) is 0 Å². The zero-order chi connectivity index (χ0) is 15.8. The summed E-state index contributed by atoms with van der Waals surface area (Å²) in [6, 6.07) is 5.45. The van der Waals surface area contributed by atoms with Crippen LogP contribution in [0, 0.1) is 0 Å². The Balaban J connectivity index is 2.45. The zero-order valence-corrected chi connectivity index (χ0v) is 11.8. The summed E-state index contributed by atoms with van der Waals surface area (Å²) >= 11 is 0. The fourth-order valence-corrected chi connectivity index (χ4v) is 1.68. The summed E-state index contributed by atoms with van der Waals surface area (Å²) in [6.45, 7) is -1.19. The van der Waals surface area contributed by atoms with E-state index in [9.17, 15) is 18.4 Å². The number of rotatable bonds is 7. The van der Waals surface area contributed by atoms with Gasteiger partial charge in [-0.15, -0.1) is 0 Å². The number of carbonyl (C=O) groups is 2. The molecule has 1 aromatic carbocycles. The summed E-state index contributed by atoms with van der Waals surface area (Å²) in [7, 11) is 1.28. The number of hydrogen-bond donors (Lipinski definition) is 1. The van der Waals surface area contributed by atoms with Crippen LogP contribution in [0.1, 0.15) is 18.9 Å². The third kappa shape index (κ3) is 6.69. The number of esters is 1. The Kier molecular flexibility index (Phi) is 6.58. The molecule has 0 aliphatic carbocycles. The van der Waals surface area contributed by atoms with E-state index in [2.05, 4.69) is 14.8 Å². The van der Waals surface area contributed by atoms with Crippen molar-refractivity contribution in [3.8, 4) is 5.75 Å². The van der Waals surface area contributed by atoms with Gasteiger partial charge in [0.2, 0.25) is 5.91 Å². The van der Waals surface area contributed by atoms with E-state index >= 15 is 0 Å². The highest BCUT2D eigenvalue weighted by Crippen LogP contribution is 2.15. The lowest BCUT2D eigenvalue weighted by Gasteiger charge is -2.12. The van der Waals surface area contributed by atoms with Gasteiger partial charge in [-0.3, -0.25) is 9.59 Å². The van der Waals surface area contributed by atoms with E-state index in [1.807, 2.05) is 0 Å². The first-order valence-electron chi connectivity index (χ1n) is 6.30. The van der Waals surface area contributed by atoms with Gasteiger partial charge >= 0.3 is 12.6 Å². The molecule has 1 rings (SSSR count). The molecule has 0 radical (unpaired) electrons. The van der Waals surface area contributed by atoms with Crippen molar-refractivity contribution in [3.05, 3.63) is 29.8 Å². The highest BCUT2D eigenvalue weighted by Gasteiger charge is 2.12. The van der Waals surface area contributed by atoms with Gasteiger partial charge in [-0.05, 0) is 24.6 Å². The van der Waals surface area contributed by atoms with E-state index in [4.69, 9.17) is 0 Å². The largest absolute Gasteiger partial charge is 0.469 e. The molecule has 1 unspecified atom stereocenters. The van der Waals surface area contributed by atoms with Gasteiger partial charge in [0.15, 0.2) is 0 Å². The Morgan fingerprint density at radius 2 is 1.86 bits per heavy atom. The highest BCUT2D eigenvalue weighted by molar-refractivity contribution is 5.79. The predicted molar refractivity (Wildman–Crippen MR) is 71.0 cm³/mol. The summed E-state index contributed by atoms with van der Waals surface area (Å²) < 4.78 is 32.7. The average Bonchev–Trinajstić information content (AvgIpc) is 2.39. The van der Waals surface area contributed by atoms with Crippen LogP contribution in [0.5, 0.6) is 5.75 Å². The molecule has 21 heavy (non-hydrogen) atoms. The van der Waals surface area contributed by atoms with Gasteiger partial charge in [0, 0.05) is 6.04 Å². The van der Waals surface area contributed by atoms with Crippen molar-refractivity contribution in [2.75, 3.05) is 7.11 Å². The molecule has 5 nitrogen and oxygen atoms in total. The first-order valence-corrected chi connectivity index (χ1v) is 6.30. The van der Waals surface area contributed by atoms with Gasteiger partial charge in [0.05, 0.1) is 20.0 Å². The summed E-state index contributed by atoms with van der Waals surface area (Å²) in [5, 5.41) is 2.65. The normalized spacial score (nSPS) is 11.9. The molecule has 1 N–H and O–H groups in total. The molecular formula is C14H17F2NO4. The highest BCUT2D eigenvalue weighted by atomic mass is 19.3. The monoisotopic (exact) mass is 301 g/mol. The molecule has 0 heterocycles. The van der Waals surface area contributed by atoms with Crippen molar-refractivity contribution in [3.63, 3.8) is 0 Å². The Morgan fingerprint density at radius 1 is 1.24 bits per heavy atom. The molecule has 116 valence electrons. The van der Waals surface area contributed by atoms with Crippen molar-refractivity contribution in [1.82, 2.24) is 5.32 Å². The lowest BCUT2D eigenvalue weighted by atomic mass is 10.1. The smallest absolute Gasteiger partial charge is 0.387 e. The van der Waals surface area contributed by atoms with Gasteiger partial charge in [-0.1, -0.05) is 12.1 Å². The van der Waals surface area contributed by atoms with Crippen LogP contribution >= 0.6 is 0 Å². The van der Waals surface area contributed by atoms with Gasteiger partial charge in [0.1, 0.15) is 5.75 Å². The summed E-state index contributed by atoms with van der Waals surface area (Å²) in [5.74, 6) is -0.640. The molecule has 0 aliphatic rings. The molecule has 7 heteroatoms. The van der Waals surface area contributed by atoms with Crippen LogP contribution in [0.4, 0.5) is 8.78 Å². The van der Waals surface area contributed by atoms with Crippen molar-refractivity contribution in [1.29, 1.82) is 0 Å². The first-order chi connectivity index (χ1) is 9.90. The minimum atomic E-state index is -2.88. The maximum Gasteiger partial charge on any atom is 0.387 e. The fourth-order valence-electron chi connectivity index (χ4n) is 1.68. The fraction of sp³-hybridized carbons (Fsp3) is 0.429.